The fraction of sp³-hybridized carbons (Fsp3) is 0.0952. The minimum atomic E-state index is -0.553. The molecule has 4 rings (SSSR count). The molecule has 1 unspecified atom stereocenters. The summed E-state index contributed by atoms with van der Waals surface area (Å²) < 4.78 is 0. The molecule has 3 aromatic carbocycles. The first-order valence-electron chi connectivity index (χ1n) is 8.15. The second-order valence-electron chi connectivity index (χ2n) is 6.08. The normalized spacial score (nSPS) is 18.8. The lowest BCUT2D eigenvalue weighted by Gasteiger charge is -2.30. The van der Waals surface area contributed by atoms with Crippen molar-refractivity contribution in [1.29, 1.82) is 0 Å². The molecule has 0 spiro atoms. The standard InChI is InChI=1S/C21H17ClN2S/c22-18-13-11-15(12-14-18)19-23-20(25)21(24-19,16-7-3-1-4-8-16)17-9-5-2-6-10-17/h1-14,19,24H,(H,23,25). The zero-order chi connectivity index (χ0) is 17.3. The molecule has 0 saturated carbocycles. The van der Waals surface area contributed by atoms with Gasteiger partial charge in [0, 0.05) is 5.02 Å². The molecule has 25 heavy (non-hydrogen) atoms. The van der Waals surface area contributed by atoms with E-state index in [0.29, 0.717) is 0 Å². The number of hydrogen-bond donors (Lipinski definition) is 2. The molecule has 0 aromatic heterocycles. The fourth-order valence-corrected chi connectivity index (χ4v) is 3.89. The number of nitrogens with one attached hydrogen (secondary N) is 2. The summed E-state index contributed by atoms with van der Waals surface area (Å²) in [7, 11) is 0. The Morgan fingerprint density at radius 3 is 1.80 bits per heavy atom. The molecule has 0 aliphatic carbocycles. The smallest absolute Gasteiger partial charge is 0.122 e. The number of benzene rings is 3. The van der Waals surface area contributed by atoms with Crippen LogP contribution in [0.4, 0.5) is 0 Å². The largest absolute Gasteiger partial charge is 0.358 e. The van der Waals surface area contributed by atoms with E-state index in [9.17, 15) is 0 Å². The molecule has 1 saturated heterocycles. The van der Waals surface area contributed by atoms with Gasteiger partial charge in [-0.15, -0.1) is 0 Å². The Kier molecular flexibility index (Phi) is 4.30. The molecule has 4 heteroatoms. The first-order chi connectivity index (χ1) is 12.2. The number of thiocarbonyl (C=S) groups is 1. The summed E-state index contributed by atoms with van der Waals surface area (Å²) >= 11 is 11.8. The zero-order valence-corrected chi connectivity index (χ0v) is 15.0. The van der Waals surface area contributed by atoms with Gasteiger partial charge in [0.05, 0.1) is 0 Å². The molecule has 2 nitrogen and oxygen atoms in total. The van der Waals surface area contributed by atoms with Crippen molar-refractivity contribution in [3.8, 4) is 0 Å². The van der Waals surface area contributed by atoms with Crippen molar-refractivity contribution in [2.24, 2.45) is 0 Å². The minimum absolute atomic E-state index is 0.0785. The SMILES string of the molecule is S=C1NC(c2ccc(Cl)cc2)NC1(c1ccccc1)c1ccccc1. The van der Waals surface area contributed by atoms with Crippen molar-refractivity contribution >= 4 is 28.8 Å². The molecule has 1 aliphatic heterocycles. The van der Waals surface area contributed by atoms with Gasteiger partial charge in [0.2, 0.25) is 0 Å². The van der Waals surface area contributed by atoms with Crippen LogP contribution < -0.4 is 10.6 Å². The van der Waals surface area contributed by atoms with Crippen LogP contribution in [0.25, 0.3) is 0 Å². The molecule has 1 heterocycles. The van der Waals surface area contributed by atoms with Crippen LogP contribution in [0.5, 0.6) is 0 Å². The summed E-state index contributed by atoms with van der Waals surface area (Å²) in [5.41, 5.74) is 2.79. The summed E-state index contributed by atoms with van der Waals surface area (Å²) in [6.45, 7) is 0. The third-order valence-electron chi connectivity index (χ3n) is 4.59. The fourth-order valence-electron chi connectivity index (χ4n) is 3.35. The Morgan fingerprint density at radius 1 is 0.760 bits per heavy atom. The van der Waals surface area contributed by atoms with Crippen LogP contribution in [-0.2, 0) is 5.54 Å². The van der Waals surface area contributed by atoms with Gasteiger partial charge < -0.3 is 5.32 Å². The highest BCUT2D eigenvalue weighted by atomic mass is 35.5. The van der Waals surface area contributed by atoms with E-state index < -0.39 is 5.54 Å². The van der Waals surface area contributed by atoms with Crippen molar-refractivity contribution in [1.82, 2.24) is 10.6 Å². The summed E-state index contributed by atoms with van der Waals surface area (Å²) in [5, 5.41) is 7.91. The second kappa shape index (κ2) is 6.60. The van der Waals surface area contributed by atoms with E-state index in [4.69, 9.17) is 23.8 Å². The highest BCUT2D eigenvalue weighted by Crippen LogP contribution is 2.37. The van der Waals surface area contributed by atoms with E-state index in [2.05, 4.69) is 34.9 Å². The lowest BCUT2D eigenvalue weighted by molar-refractivity contribution is 0.483. The zero-order valence-electron chi connectivity index (χ0n) is 13.4. The van der Waals surface area contributed by atoms with E-state index in [-0.39, 0.29) is 6.17 Å². The van der Waals surface area contributed by atoms with Gasteiger partial charge in [0.25, 0.3) is 0 Å². The van der Waals surface area contributed by atoms with Crippen molar-refractivity contribution in [3.05, 3.63) is 107 Å². The topological polar surface area (TPSA) is 24.1 Å². The maximum absolute atomic E-state index is 6.03. The molecule has 3 aromatic rings. The Balaban J connectivity index is 1.82. The van der Waals surface area contributed by atoms with Crippen LogP contribution in [-0.4, -0.2) is 4.99 Å². The Morgan fingerprint density at radius 2 is 1.28 bits per heavy atom. The van der Waals surface area contributed by atoms with E-state index in [1.807, 2.05) is 60.7 Å². The van der Waals surface area contributed by atoms with Gasteiger partial charge in [-0.2, -0.15) is 0 Å². The Bertz CT molecular complexity index is 839. The van der Waals surface area contributed by atoms with Gasteiger partial charge in [-0.05, 0) is 28.8 Å². The molecule has 0 bridgehead atoms. The molecule has 0 amide bonds. The van der Waals surface area contributed by atoms with Gasteiger partial charge in [-0.1, -0.05) is 96.6 Å². The maximum atomic E-state index is 6.03. The van der Waals surface area contributed by atoms with E-state index in [1.165, 1.54) is 0 Å². The highest BCUT2D eigenvalue weighted by Gasteiger charge is 2.46. The number of hydrogen-bond acceptors (Lipinski definition) is 2. The monoisotopic (exact) mass is 364 g/mol. The van der Waals surface area contributed by atoms with Gasteiger partial charge >= 0.3 is 0 Å². The quantitative estimate of drug-likeness (QED) is 0.652. The molecular weight excluding hydrogens is 348 g/mol. The molecular formula is C21H17ClN2S. The highest BCUT2D eigenvalue weighted by molar-refractivity contribution is 7.80. The van der Waals surface area contributed by atoms with Gasteiger partial charge in [-0.25, -0.2) is 0 Å². The average molecular weight is 365 g/mol. The van der Waals surface area contributed by atoms with Crippen LogP contribution >= 0.6 is 23.8 Å². The van der Waals surface area contributed by atoms with Crippen molar-refractivity contribution in [2.75, 3.05) is 0 Å². The molecule has 1 aliphatic rings. The third kappa shape index (κ3) is 2.85. The lowest BCUT2D eigenvalue weighted by atomic mass is 9.83. The van der Waals surface area contributed by atoms with Crippen LogP contribution in [0.3, 0.4) is 0 Å². The van der Waals surface area contributed by atoms with Crippen molar-refractivity contribution in [2.45, 2.75) is 11.7 Å². The van der Waals surface area contributed by atoms with E-state index in [1.54, 1.807) is 0 Å². The predicted octanol–water partition coefficient (Wildman–Crippen LogP) is 4.80. The Hall–Kier alpha value is -2.20. The van der Waals surface area contributed by atoms with Gasteiger partial charge in [0.15, 0.2) is 0 Å². The Labute approximate surface area is 157 Å². The van der Waals surface area contributed by atoms with Crippen molar-refractivity contribution in [3.63, 3.8) is 0 Å². The average Bonchev–Trinajstić information content (AvgIpc) is 3.02. The molecule has 0 radical (unpaired) electrons. The summed E-state index contributed by atoms with van der Waals surface area (Å²) in [6, 6.07) is 28.5. The molecule has 124 valence electrons. The molecule has 2 N–H and O–H groups in total. The van der Waals surface area contributed by atoms with Gasteiger partial charge in [-0.3, -0.25) is 5.32 Å². The number of rotatable bonds is 3. The molecule has 1 atom stereocenters. The predicted molar refractivity (Wildman–Crippen MR) is 107 cm³/mol. The van der Waals surface area contributed by atoms with Crippen LogP contribution in [0.2, 0.25) is 5.02 Å². The summed E-state index contributed by atoms with van der Waals surface area (Å²) in [5.74, 6) is 0. The van der Waals surface area contributed by atoms with E-state index in [0.717, 1.165) is 26.7 Å². The third-order valence-corrected chi connectivity index (χ3v) is 5.27. The first kappa shape index (κ1) is 16.3. The first-order valence-corrected chi connectivity index (χ1v) is 8.94. The van der Waals surface area contributed by atoms with Crippen LogP contribution in [0.15, 0.2) is 84.9 Å². The summed E-state index contributed by atoms with van der Waals surface area (Å²) in [6.07, 6.45) is -0.0785. The summed E-state index contributed by atoms with van der Waals surface area (Å²) in [4.78, 5) is 0.768. The second-order valence-corrected chi connectivity index (χ2v) is 6.93. The molecule has 1 fully saturated rings. The van der Waals surface area contributed by atoms with Crippen molar-refractivity contribution < 1.29 is 0 Å². The maximum Gasteiger partial charge on any atom is 0.122 e. The lowest BCUT2D eigenvalue weighted by Crippen LogP contribution is -2.43. The number of halogens is 1. The van der Waals surface area contributed by atoms with Crippen LogP contribution in [0, 0.1) is 0 Å². The van der Waals surface area contributed by atoms with E-state index >= 15 is 0 Å². The van der Waals surface area contributed by atoms with Crippen LogP contribution in [0.1, 0.15) is 22.9 Å². The minimum Gasteiger partial charge on any atom is -0.358 e. The van der Waals surface area contributed by atoms with Gasteiger partial charge in [0.1, 0.15) is 16.7 Å².